The normalized spacial score (nSPS) is 23.6. The van der Waals surface area contributed by atoms with Crippen molar-refractivity contribution >= 4 is 0 Å². The number of nitrogens with two attached hydrogens (primary N) is 1. The van der Waals surface area contributed by atoms with Crippen LogP contribution >= 0.6 is 0 Å². The third kappa shape index (κ3) is 3.09. The number of likely N-dealkylation sites (tertiary alicyclic amines) is 1. The van der Waals surface area contributed by atoms with Crippen LogP contribution in [0, 0.1) is 0 Å². The van der Waals surface area contributed by atoms with Gasteiger partial charge in [-0.15, -0.1) is 0 Å². The van der Waals surface area contributed by atoms with E-state index in [-0.39, 0.29) is 0 Å². The minimum Gasteiger partial charge on any atom is -0.327 e. The van der Waals surface area contributed by atoms with Gasteiger partial charge < -0.3 is 5.73 Å². The number of hydrogen-bond donors (Lipinski definition) is 1. The van der Waals surface area contributed by atoms with Crippen LogP contribution in [-0.4, -0.2) is 17.5 Å². The maximum absolute atomic E-state index is 6.18. The molecule has 1 aliphatic heterocycles. The molecule has 2 nitrogen and oxygen atoms in total. The maximum atomic E-state index is 6.18. The Bertz CT molecular complexity index is 524. The molecule has 20 heavy (non-hydrogen) atoms. The minimum atomic E-state index is 0.304. The van der Waals surface area contributed by atoms with Crippen LogP contribution in [0.3, 0.4) is 0 Å². The van der Waals surface area contributed by atoms with E-state index in [1.165, 1.54) is 11.1 Å². The van der Waals surface area contributed by atoms with Crippen LogP contribution in [-0.2, 0) is 6.54 Å². The third-order valence-corrected chi connectivity index (χ3v) is 4.13. The van der Waals surface area contributed by atoms with Crippen LogP contribution in [0.2, 0.25) is 0 Å². The van der Waals surface area contributed by atoms with Crippen molar-refractivity contribution in [3.63, 3.8) is 0 Å². The first kappa shape index (κ1) is 13.3. The Labute approximate surface area is 121 Å². The quantitative estimate of drug-likeness (QED) is 0.923. The van der Waals surface area contributed by atoms with E-state index in [9.17, 15) is 0 Å². The Morgan fingerprint density at radius 2 is 1.55 bits per heavy atom. The summed E-state index contributed by atoms with van der Waals surface area (Å²) in [5, 5.41) is 0. The van der Waals surface area contributed by atoms with Crippen molar-refractivity contribution in [2.45, 2.75) is 31.5 Å². The summed E-state index contributed by atoms with van der Waals surface area (Å²) in [5.74, 6) is 0. The number of rotatable bonds is 3. The van der Waals surface area contributed by atoms with Crippen LogP contribution in [0.5, 0.6) is 0 Å². The van der Waals surface area contributed by atoms with Gasteiger partial charge >= 0.3 is 0 Å². The standard InChI is InChI=1S/C18H22N2/c19-17-11-12-18(16-9-5-2-6-10-16)20(14-17)13-15-7-3-1-4-8-15/h1-10,17-18H,11-14,19H2/t17-,18-/m1/s1. The highest BCUT2D eigenvalue weighted by Gasteiger charge is 2.27. The van der Waals surface area contributed by atoms with Crippen molar-refractivity contribution in [1.29, 1.82) is 0 Å². The fourth-order valence-electron chi connectivity index (χ4n) is 3.12. The van der Waals surface area contributed by atoms with E-state index in [4.69, 9.17) is 5.73 Å². The van der Waals surface area contributed by atoms with E-state index in [1.54, 1.807) is 0 Å². The van der Waals surface area contributed by atoms with Crippen molar-refractivity contribution < 1.29 is 0 Å². The van der Waals surface area contributed by atoms with Crippen molar-refractivity contribution in [3.8, 4) is 0 Å². The highest BCUT2D eigenvalue weighted by molar-refractivity contribution is 5.21. The Kier molecular flexibility index (Phi) is 4.14. The van der Waals surface area contributed by atoms with Crippen LogP contribution < -0.4 is 5.73 Å². The first-order valence-corrected chi connectivity index (χ1v) is 7.41. The molecule has 1 fully saturated rings. The van der Waals surface area contributed by atoms with Crippen LogP contribution in [0.25, 0.3) is 0 Å². The van der Waals surface area contributed by atoms with Gasteiger partial charge in [0.15, 0.2) is 0 Å². The molecule has 0 aromatic heterocycles. The zero-order valence-corrected chi connectivity index (χ0v) is 11.8. The highest BCUT2D eigenvalue weighted by atomic mass is 15.2. The summed E-state index contributed by atoms with van der Waals surface area (Å²) in [5.41, 5.74) is 8.95. The molecule has 2 N–H and O–H groups in total. The van der Waals surface area contributed by atoms with Gasteiger partial charge in [-0.2, -0.15) is 0 Å². The molecule has 0 amide bonds. The van der Waals surface area contributed by atoms with E-state index >= 15 is 0 Å². The molecule has 1 aliphatic rings. The van der Waals surface area contributed by atoms with Crippen LogP contribution in [0.4, 0.5) is 0 Å². The summed E-state index contributed by atoms with van der Waals surface area (Å²) in [4.78, 5) is 2.53. The Balaban J connectivity index is 1.80. The molecular formula is C18H22N2. The number of nitrogens with zero attached hydrogens (tertiary/aromatic N) is 1. The average molecular weight is 266 g/mol. The molecule has 2 atom stereocenters. The van der Waals surface area contributed by atoms with Gasteiger partial charge in [-0.25, -0.2) is 0 Å². The SMILES string of the molecule is N[C@@H]1CC[C@H](c2ccccc2)N(Cc2ccccc2)C1. The van der Waals surface area contributed by atoms with E-state index < -0.39 is 0 Å². The lowest BCUT2D eigenvalue weighted by molar-refractivity contribution is 0.126. The topological polar surface area (TPSA) is 29.3 Å². The second kappa shape index (κ2) is 6.21. The predicted octanol–water partition coefficient (Wildman–Crippen LogP) is 3.35. The molecule has 0 aliphatic carbocycles. The first-order chi connectivity index (χ1) is 9.83. The fourth-order valence-corrected chi connectivity index (χ4v) is 3.12. The number of benzene rings is 2. The highest BCUT2D eigenvalue weighted by Crippen LogP contribution is 2.31. The van der Waals surface area contributed by atoms with Gasteiger partial charge in [0.1, 0.15) is 0 Å². The lowest BCUT2D eigenvalue weighted by atomic mass is 9.92. The summed E-state index contributed by atoms with van der Waals surface area (Å²) in [6.45, 7) is 1.96. The molecule has 1 saturated heterocycles. The first-order valence-electron chi connectivity index (χ1n) is 7.41. The van der Waals surface area contributed by atoms with E-state index in [1.807, 2.05) is 0 Å². The van der Waals surface area contributed by atoms with Crippen LogP contribution in [0.1, 0.15) is 30.0 Å². The molecule has 0 bridgehead atoms. The Hall–Kier alpha value is -1.64. The predicted molar refractivity (Wildman–Crippen MR) is 83.2 cm³/mol. The number of hydrogen-bond acceptors (Lipinski definition) is 2. The van der Waals surface area contributed by atoms with Gasteiger partial charge in [-0.1, -0.05) is 60.7 Å². The molecule has 0 radical (unpaired) electrons. The van der Waals surface area contributed by atoms with E-state index in [0.717, 1.165) is 25.9 Å². The lowest BCUT2D eigenvalue weighted by Gasteiger charge is -2.39. The monoisotopic (exact) mass is 266 g/mol. The van der Waals surface area contributed by atoms with Crippen LogP contribution in [0.15, 0.2) is 60.7 Å². The van der Waals surface area contributed by atoms with Crippen molar-refractivity contribution in [2.75, 3.05) is 6.54 Å². The summed E-state index contributed by atoms with van der Waals surface area (Å²) < 4.78 is 0. The number of piperidine rings is 1. The van der Waals surface area contributed by atoms with Gasteiger partial charge in [0.25, 0.3) is 0 Å². The Morgan fingerprint density at radius 1 is 0.900 bits per heavy atom. The third-order valence-electron chi connectivity index (χ3n) is 4.13. The largest absolute Gasteiger partial charge is 0.327 e. The molecule has 3 rings (SSSR count). The fraction of sp³-hybridized carbons (Fsp3) is 0.333. The molecular weight excluding hydrogens is 244 g/mol. The van der Waals surface area contributed by atoms with E-state index in [2.05, 4.69) is 65.6 Å². The molecule has 2 heteroatoms. The lowest BCUT2D eigenvalue weighted by Crippen LogP contribution is -2.44. The molecule has 2 aromatic rings. The van der Waals surface area contributed by atoms with Gasteiger partial charge in [0, 0.05) is 25.2 Å². The molecule has 0 spiro atoms. The zero-order chi connectivity index (χ0) is 13.8. The van der Waals surface area contributed by atoms with Crippen molar-refractivity contribution in [2.24, 2.45) is 5.73 Å². The van der Waals surface area contributed by atoms with Crippen molar-refractivity contribution in [3.05, 3.63) is 71.8 Å². The van der Waals surface area contributed by atoms with Gasteiger partial charge in [0.2, 0.25) is 0 Å². The molecule has 1 heterocycles. The average Bonchev–Trinajstić information content (AvgIpc) is 2.49. The molecule has 0 saturated carbocycles. The molecule has 2 aromatic carbocycles. The zero-order valence-electron chi connectivity index (χ0n) is 11.8. The minimum absolute atomic E-state index is 0.304. The smallest absolute Gasteiger partial charge is 0.0352 e. The van der Waals surface area contributed by atoms with Gasteiger partial charge in [0.05, 0.1) is 0 Å². The van der Waals surface area contributed by atoms with E-state index in [0.29, 0.717) is 12.1 Å². The maximum Gasteiger partial charge on any atom is 0.0352 e. The summed E-state index contributed by atoms with van der Waals surface area (Å²) in [6, 6.07) is 22.3. The van der Waals surface area contributed by atoms with Gasteiger partial charge in [-0.05, 0) is 24.0 Å². The molecule has 0 unspecified atom stereocenters. The summed E-state index contributed by atoms with van der Waals surface area (Å²) in [7, 11) is 0. The van der Waals surface area contributed by atoms with Gasteiger partial charge in [-0.3, -0.25) is 4.90 Å². The Morgan fingerprint density at radius 3 is 2.25 bits per heavy atom. The van der Waals surface area contributed by atoms with Crippen molar-refractivity contribution in [1.82, 2.24) is 4.90 Å². The second-order valence-electron chi connectivity index (χ2n) is 5.68. The summed E-state index contributed by atoms with van der Waals surface area (Å²) in [6.07, 6.45) is 2.27. The summed E-state index contributed by atoms with van der Waals surface area (Å²) >= 11 is 0. The molecule has 104 valence electrons. The second-order valence-corrected chi connectivity index (χ2v) is 5.68.